The number of rotatable bonds is 10. The number of ether oxygens (including phenoxy) is 1. The van der Waals surface area contributed by atoms with Crippen molar-refractivity contribution < 1.29 is 29.3 Å². The number of hydrogen-bond donors (Lipinski definition) is 2. The van der Waals surface area contributed by atoms with Crippen molar-refractivity contribution in [3.05, 3.63) is 163 Å². The molecule has 0 radical (unpaired) electrons. The molecule has 7 nitrogen and oxygen atoms in total. The van der Waals surface area contributed by atoms with Crippen LogP contribution >= 0.6 is 6.89 Å². The maximum Gasteiger partial charge on any atom is 0.356 e. The summed E-state index contributed by atoms with van der Waals surface area (Å²) in [7, 11) is 0. The van der Waals surface area contributed by atoms with E-state index in [-0.39, 0.29) is 11.2 Å². The molecule has 52 heavy (non-hydrogen) atoms. The molecule has 2 aliphatic rings. The fourth-order valence-corrected chi connectivity index (χ4v) is 12.4. The van der Waals surface area contributed by atoms with E-state index in [4.69, 9.17) is 4.74 Å². The van der Waals surface area contributed by atoms with Crippen LogP contribution in [0.15, 0.2) is 152 Å². The third-order valence-corrected chi connectivity index (χ3v) is 14.6. The van der Waals surface area contributed by atoms with Gasteiger partial charge in [-0.1, -0.05) is 152 Å². The summed E-state index contributed by atoms with van der Waals surface area (Å²) < 4.78 is 6.70. The fraction of sp³-hybridized carbons (Fsp3) is 0.227. The second-order valence-electron chi connectivity index (χ2n) is 13.5. The van der Waals surface area contributed by atoms with Crippen LogP contribution in [0.2, 0.25) is 0 Å². The molecule has 5 atom stereocenters. The van der Waals surface area contributed by atoms with Crippen LogP contribution in [0, 0.1) is 11.8 Å². The molecule has 264 valence electrons. The lowest BCUT2D eigenvalue weighted by Gasteiger charge is -2.54. The van der Waals surface area contributed by atoms with E-state index in [9.17, 15) is 19.8 Å². The molecule has 0 spiro atoms. The van der Waals surface area contributed by atoms with Crippen molar-refractivity contribution in [1.82, 2.24) is 4.90 Å². The second kappa shape index (κ2) is 15.3. The van der Waals surface area contributed by atoms with Crippen molar-refractivity contribution in [2.75, 3.05) is 0 Å². The first kappa shape index (κ1) is 35.3. The minimum atomic E-state index is -3.31. The molecule has 1 heterocycles. The largest absolute Gasteiger partial charge is 0.448 e. The lowest BCUT2D eigenvalue weighted by molar-refractivity contribution is -0.166. The molecule has 1 aliphatic carbocycles. The minimum Gasteiger partial charge on any atom is -0.448 e. The summed E-state index contributed by atoms with van der Waals surface area (Å²) in [6, 6.07) is 47.2. The van der Waals surface area contributed by atoms with Crippen molar-refractivity contribution >= 4 is 45.9 Å². The van der Waals surface area contributed by atoms with Gasteiger partial charge in [-0.25, -0.2) is 4.79 Å². The van der Waals surface area contributed by atoms with Crippen molar-refractivity contribution in [3.63, 3.8) is 0 Å². The van der Waals surface area contributed by atoms with Gasteiger partial charge in [-0.05, 0) is 53.2 Å². The van der Waals surface area contributed by atoms with E-state index in [2.05, 4.69) is 0 Å². The van der Waals surface area contributed by atoms with Gasteiger partial charge in [-0.3, -0.25) is 9.59 Å². The van der Waals surface area contributed by atoms with Gasteiger partial charge < -0.3 is 19.8 Å². The maximum absolute atomic E-state index is 15.7. The zero-order valence-electron chi connectivity index (χ0n) is 28.9. The van der Waals surface area contributed by atoms with Crippen LogP contribution in [0.5, 0.6) is 0 Å². The molecule has 1 saturated carbocycles. The molecule has 2 N–H and O–H groups in total. The predicted molar refractivity (Wildman–Crippen MR) is 205 cm³/mol. The van der Waals surface area contributed by atoms with Gasteiger partial charge in [-0.2, -0.15) is 0 Å². The maximum atomic E-state index is 15.7. The highest BCUT2D eigenvalue weighted by Gasteiger charge is 2.59. The van der Waals surface area contributed by atoms with E-state index in [0.717, 1.165) is 27.0 Å². The molecule has 2 fully saturated rings. The number of carbonyl (C=O) groups is 3. The normalized spacial score (nSPS) is 21.0. The van der Waals surface area contributed by atoms with Gasteiger partial charge in [0.2, 0.25) is 5.91 Å². The topological polar surface area (TPSA) is 104 Å². The molecule has 8 heteroatoms. The SMILES string of the molecule is C[C@@H](O)[C@H]1C(=O)N(C(C(=O)OC(c2ccccc2)c2ccccc2)=P(c2ccccc2)(c2ccccc2)c2ccccc2)[C@@H]1[C@H]1CCC[C@H](O)C1=O. The van der Waals surface area contributed by atoms with E-state index in [1.54, 1.807) is 6.92 Å². The quantitative estimate of drug-likeness (QED) is 0.115. The Morgan fingerprint density at radius 1 is 0.692 bits per heavy atom. The third kappa shape index (κ3) is 6.34. The molecule has 1 amide bonds. The van der Waals surface area contributed by atoms with E-state index < -0.39 is 55.0 Å². The first-order valence-electron chi connectivity index (χ1n) is 17.8. The molecular weight excluding hydrogens is 669 g/mol. The van der Waals surface area contributed by atoms with Crippen LogP contribution in [0.4, 0.5) is 0 Å². The Hall–Kier alpha value is -5.07. The monoisotopic (exact) mass is 711 g/mol. The molecule has 5 aromatic carbocycles. The van der Waals surface area contributed by atoms with Crippen molar-refractivity contribution in [2.45, 2.75) is 50.5 Å². The van der Waals surface area contributed by atoms with E-state index >= 15 is 4.79 Å². The molecular formula is C44H42NO6P. The number of hydrogen-bond acceptors (Lipinski definition) is 6. The Labute approximate surface area is 304 Å². The number of carbonyl (C=O) groups excluding carboxylic acids is 3. The van der Waals surface area contributed by atoms with Crippen molar-refractivity contribution in [3.8, 4) is 0 Å². The van der Waals surface area contributed by atoms with Gasteiger partial charge in [0.1, 0.15) is 11.5 Å². The molecule has 0 aromatic heterocycles. The van der Waals surface area contributed by atoms with Crippen LogP contribution in [0.1, 0.15) is 43.4 Å². The number of aliphatic hydroxyl groups is 2. The summed E-state index contributed by atoms with van der Waals surface area (Å²) in [5.41, 5.74) is 1.64. The van der Waals surface area contributed by atoms with Crippen molar-refractivity contribution in [1.29, 1.82) is 0 Å². The van der Waals surface area contributed by atoms with Gasteiger partial charge in [0.25, 0.3) is 0 Å². The highest BCUT2D eigenvalue weighted by atomic mass is 31.2. The Morgan fingerprint density at radius 2 is 1.12 bits per heavy atom. The Balaban J connectivity index is 1.58. The first-order valence-corrected chi connectivity index (χ1v) is 19.6. The molecule has 7 rings (SSSR count). The predicted octanol–water partition coefficient (Wildman–Crippen LogP) is 5.38. The summed E-state index contributed by atoms with van der Waals surface area (Å²) in [6.07, 6.45) is -1.78. The summed E-state index contributed by atoms with van der Waals surface area (Å²) >= 11 is 0. The highest BCUT2D eigenvalue weighted by molar-refractivity contribution is 7.96. The zero-order chi connectivity index (χ0) is 36.2. The number of Topliss-reactive ketones (excluding diaryl/α,β-unsaturated/α-hetero) is 1. The van der Waals surface area contributed by atoms with E-state index in [1.165, 1.54) is 4.90 Å². The van der Waals surface area contributed by atoms with Crippen LogP contribution in [0.25, 0.3) is 0 Å². The fourth-order valence-electron chi connectivity index (χ4n) is 8.01. The average molecular weight is 712 g/mol. The highest BCUT2D eigenvalue weighted by Crippen LogP contribution is 2.51. The van der Waals surface area contributed by atoms with Crippen LogP contribution in [0.3, 0.4) is 0 Å². The molecule has 1 aliphatic heterocycles. The second-order valence-corrected chi connectivity index (χ2v) is 16.8. The van der Waals surface area contributed by atoms with Crippen LogP contribution in [-0.2, 0) is 19.1 Å². The molecule has 5 aromatic rings. The zero-order valence-corrected chi connectivity index (χ0v) is 29.8. The lowest BCUT2D eigenvalue weighted by Crippen LogP contribution is -2.71. The Morgan fingerprint density at radius 3 is 1.54 bits per heavy atom. The summed E-state index contributed by atoms with van der Waals surface area (Å²) in [6.45, 7) is -1.76. The number of benzene rings is 5. The van der Waals surface area contributed by atoms with Gasteiger partial charge >= 0.3 is 5.97 Å². The summed E-state index contributed by atoms with van der Waals surface area (Å²) in [4.78, 5) is 45.7. The standard InChI is InChI=1S/C44H42NO6P/c1-30(46)38-39(36-28-17-29-37(47)40(36)48)45(42(38)49)43(44(50)51-41(31-18-7-2-8-19-31)32-20-9-3-10-21-32)52(33-22-11-4-12-23-33,34-24-13-5-14-25-34)35-26-15-6-16-27-35/h2-16,18-27,30,36-39,41,46-47H,17,28-29H2,1H3/t30-,36-,37+,38-,39-/m1/s1. The van der Waals surface area contributed by atoms with E-state index in [0.29, 0.717) is 19.3 Å². The molecule has 0 unspecified atom stereocenters. The van der Waals surface area contributed by atoms with E-state index in [1.807, 2.05) is 152 Å². The number of esters is 1. The lowest BCUT2D eigenvalue weighted by atomic mass is 9.69. The number of ketones is 1. The first-order chi connectivity index (χ1) is 25.3. The van der Waals surface area contributed by atoms with Crippen molar-refractivity contribution in [2.24, 2.45) is 11.8 Å². The average Bonchev–Trinajstić information content (AvgIpc) is 3.18. The van der Waals surface area contributed by atoms with Crippen LogP contribution < -0.4 is 15.9 Å². The van der Waals surface area contributed by atoms with Crippen LogP contribution in [-0.4, -0.2) is 56.4 Å². The number of β-lactam (4-membered cyclic amide) rings is 1. The number of amides is 1. The Bertz CT molecular complexity index is 1930. The van der Waals surface area contributed by atoms with Gasteiger partial charge in [-0.15, -0.1) is 0 Å². The number of nitrogens with zero attached hydrogens (tertiary/aromatic N) is 1. The molecule has 1 saturated heterocycles. The Kier molecular flexibility index (Phi) is 10.4. The third-order valence-electron chi connectivity index (χ3n) is 10.4. The number of likely N-dealkylation sites (tertiary alicyclic amines) is 1. The number of aliphatic hydroxyl groups excluding tert-OH is 2. The molecule has 0 bridgehead atoms. The smallest absolute Gasteiger partial charge is 0.356 e. The minimum absolute atomic E-state index is 0.132. The van der Waals surface area contributed by atoms with Gasteiger partial charge in [0, 0.05) is 12.8 Å². The summed E-state index contributed by atoms with van der Waals surface area (Å²) in [5, 5.41) is 24.3. The summed E-state index contributed by atoms with van der Waals surface area (Å²) in [5.74, 6) is -3.27. The van der Waals surface area contributed by atoms with Gasteiger partial charge in [0.05, 0.1) is 18.1 Å². The van der Waals surface area contributed by atoms with Gasteiger partial charge in [0.15, 0.2) is 11.9 Å².